The van der Waals surface area contributed by atoms with Crippen LogP contribution >= 0.6 is 0 Å². The number of carbonyl (C=O) groups is 2. The summed E-state index contributed by atoms with van der Waals surface area (Å²) in [5.74, 6) is -0.650. The molecule has 3 aliphatic heterocycles. The summed E-state index contributed by atoms with van der Waals surface area (Å²) >= 11 is 0. The molecule has 2 amide bonds. The van der Waals surface area contributed by atoms with Gasteiger partial charge in [0.2, 0.25) is 11.8 Å². The monoisotopic (exact) mass is 386 g/mol. The quantitative estimate of drug-likeness (QED) is 0.784. The normalized spacial score (nSPS) is 25.0. The lowest BCUT2D eigenvalue weighted by Gasteiger charge is -2.38. The number of para-hydroxylation sites is 1. The van der Waals surface area contributed by atoms with Crippen molar-refractivity contribution in [1.82, 2.24) is 4.90 Å². The lowest BCUT2D eigenvalue weighted by atomic mass is 9.85. The molecule has 3 heterocycles. The van der Waals surface area contributed by atoms with Crippen molar-refractivity contribution in [2.75, 3.05) is 37.7 Å². The third kappa shape index (κ3) is 3.55. The van der Waals surface area contributed by atoms with Crippen molar-refractivity contribution in [3.63, 3.8) is 0 Å². The third-order valence-electron chi connectivity index (χ3n) is 6.13. The van der Waals surface area contributed by atoms with Crippen molar-refractivity contribution >= 4 is 17.5 Å². The van der Waals surface area contributed by atoms with Crippen LogP contribution in [0.4, 0.5) is 5.69 Å². The average Bonchev–Trinajstić information content (AvgIpc) is 3.28. The van der Waals surface area contributed by atoms with Crippen LogP contribution in [0.5, 0.6) is 0 Å². The van der Waals surface area contributed by atoms with Gasteiger partial charge in [0.05, 0.1) is 19.1 Å². The van der Waals surface area contributed by atoms with Crippen LogP contribution in [0.2, 0.25) is 0 Å². The van der Waals surface area contributed by atoms with Gasteiger partial charge >= 0.3 is 0 Å². The number of hydrogen-bond acceptors (Lipinski definition) is 4. The van der Waals surface area contributed by atoms with Gasteiger partial charge in [0.15, 0.2) is 5.79 Å². The second kappa shape index (κ2) is 7.16. The van der Waals surface area contributed by atoms with Gasteiger partial charge in [0.1, 0.15) is 0 Å². The molecule has 0 bridgehead atoms. The number of hydrogen-bond donors (Lipinski definition) is 0. The first-order chi connectivity index (χ1) is 13.3. The van der Waals surface area contributed by atoms with E-state index in [2.05, 4.69) is 26.8 Å². The Morgan fingerprint density at radius 3 is 2.39 bits per heavy atom. The molecule has 0 aromatic heterocycles. The Balaban J connectivity index is 1.45. The van der Waals surface area contributed by atoms with Crippen LogP contribution in [0.1, 0.15) is 45.6 Å². The van der Waals surface area contributed by atoms with E-state index in [0.29, 0.717) is 45.7 Å². The molecular weight excluding hydrogens is 356 g/mol. The third-order valence-corrected chi connectivity index (χ3v) is 6.13. The molecule has 1 unspecified atom stereocenters. The Bertz CT molecular complexity index is 754. The molecule has 152 valence electrons. The first-order valence-corrected chi connectivity index (χ1v) is 10.3. The second-order valence-electron chi connectivity index (χ2n) is 9.11. The molecule has 6 heteroatoms. The Hall–Kier alpha value is -1.92. The number of benzene rings is 1. The molecule has 0 radical (unpaired) electrons. The van der Waals surface area contributed by atoms with Crippen molar-refractivity contribution in [2.45, 2.75) is 51.2 Å². The molecule has 1 spiro atoms. The number of carbonyl (C=O) groups excluding carboxylic acids is 2. The maximum atomic E-state index is 13.1. The van der Waals surface area contributed by atoms with Gasteiger partial charge in [0.25, 0.3) is 0 Å². The van der Waals surface area contributed by atoms with E-state index in [-0.39, 0.29) is 29.6 Å². The molecule has 4 rings (SSSR count). The van der Waals surface area contributed by atoms with Crippen LogP contribution < -0.4 is 4.90 Å². The minimum atomic E-state index is -0.486. The highest BCUT2D eigenvalue weighted by molar-refractivity contribution is 6.01. The van der Waals surface area contributed by atoms with Crippen molar-refractivity contribution < 1.29 is 19.1 Å². The number of amides is 2. The van der Waals surface area contributed by atoms with Crippen LogP contribution in [0.15, 0.2) is 24.3 Å². The van der Waals surface area contributed by atoms with Crippen molar-refractivity contribution in [1.29, 1.82) is 0 Å². The van der Waals surface area contributed by atoms with Crippen LogP contribution in [0.3, 0.4) is 0 Å². The number of anilines is 1. The van der Waals surface area contributed by atoms with E-state index < -0.39 is 5.79 Å². The van der Waals surface area contributed by atoms with Gasteiger partial charge < -0.3 is 19.3 Å². The van der Waals surface area contributed by atoms with E-state index in [9.17, 15) is 9.59 Å². The summed E-state index contributed by atoms with van der Waals surface area (Å²) in [5, 5.41) is 0. The smallest absolute Gasteiger partial charge is 0.228 e. The molecule has 1 aromatic rings. The molecule has 0 N–H and O–H groups in total. The summed E-state index contributed by atoms with van der Waals surface area (Å²) in [6, 6.07) is 8.02. The zero-order valence-corrected chi connectivity index (χ0v) is 17.1. The Labute approximate surface area is 166 Å². The number of nitrogens with zero attached hydrogens (tertiary/aromatic N) is 2. The zero-order chi connectivity index (χ0) is 19.9. The molecular formula is C22H30N2O4. The molecule has 3 saturated heterocycles. The standard InChI is InChI=1S/C22H30N2O4/c1-21(2,3)17-6-4-5-7-18(17)24-15-16(14-19(24)25)20(26)23-10-8-22(9-11-23)27-12-13-28-22/h4-7,16H,8-15H2,1-3H3. The van der Waals surface area contributed by atoms with Gasteiger partial charge in [-0.3, -0.25) is 9.59 Å². The van der Waals surface area contributed by atoms with Crippen LogP contribution in [0.25, 0.3) is 0 Å². The largest absolute Gasteiger partial charge is 0.347 e. The fourth-order valence-corrected chi connectivity index (χ4v) is 4.56. The van der Waals surface area contributed by atoms with Crippen molar-refractivity contribution in [2.24, 2.45) is 5.92 Å². The number of likely N-dealkylation sites (tertiary alicyclic amines) is 1. The summed E-state index contributed by atoms with van der Waals surface area (Å²) in [6.07, 6.45) is 1.69. The van der Waals surface area contributed by atoms with Gasteiger partial charge in [-0.05, 0) is 17.0 Å². The van der Waals surface area contributed by atoms with E-state index in [1.165, 1.54) is 0 Å². The fraction of sp³-hybridized carbons (Fsp3) is 0.636. The molecule has 6 nitrogen and oxygen atoms in total. The zero-order valence-electron chi connectivity index (χ0n) is 17.1. The van der Waals surface area contributed by atoms with E-state index >= 15 is 0 Å². The Kier molecular flexibility index (Phi) is 4.96. The van der Waals surface area contributed by atoms with Crippen molar-refractivity contribution in [3.8, 4) is 0 Å². The summed E-state index contributed by atoms with van der Waals surface area (Å²) in [6.45, 7) is 9.41. The first kappa shape index (κ1) is 19.4. The summed E-state index contributed by atoms with van der Waals surface area (Å²) in [5.41, 5.74) is 1.99. The van der Waals surface area contributed by atoms with Crippen LogP contribution in [-0.2, 0) is 24.5 Å². The second-order valence-corrected chi connectivity index (χ2v) is 9.11. The molecule has 3 aliphatic rings. The molecule has 3 fully saturated rings. The average molecular weight is 386 g/mol. The summed E-state index contributed by atoms with van der Waals surface area (Å²) < 4.78 is 11.5. The Morgan fingerprint density at radius 1 is 1.11 bits per heavy atom. The number of ether oxygens (including phenoxy) is 2. The summed E-state index contributed by atoms with van der Waals surface area (Å²) in [7, 11) is 0. The van der Waals surface area contributed by atoms with Gasteiger partial charge in [-0.2, -0.15) is 0 Å². The fourth-order valence-electron chi connectivity index (χ4n) is 4.56. The minimum absolute atomic E-state index is 0.0333. The van der Waals surface area contributed by atoms with Gasteiger partial charge in [-0.1, -0.05) is 39.0 Å². The molecule has 0 saturated carbocycles. The van der Waals surface area contributed by atoms with Crippen molar-refractivity contribution in [3.05, 3.63) is 29.8 Å². The maximum absolute atomic E-state index is 13.1. The molecule has 28 heavy (non-hydrogen) atoms. The van der Waals surface area contributed by atoms with Gasteiger partial charge in [0, 0.05) is 44.6 Å². The van der Waals surface area contributed by atoms with E-state index in [1.54, 1.807) is 4.90 Å². The lowest BCUT2D eigenvalue weighted by Crippen LogP contribution is -2.49. The highest BCUT2D eigenvalue weighted by Gasteiger charge is 2.44. The minimum Gasteiger partial charge on any atom is -0.347 e. The Morgan fingerprint density at radius 2 is 1.75 bits per heavy atom. The number of rotatable bonds is 2. The molecule has 1 aromatic carbocycles. The van der Waals surface area contributed by atoms with E-state index in [4.69, 9.17) is 9.47 Å². The SMILES string of the molecule is CC(C)(C)c1ccccc1N1CC(C(=O)N2CCC3(CC2)OCCO3)CC1=O. The van der Waals surface area contributed by atoms with E-state index in [1.807, 2.05) is 23.1 Å². The van der Waals surface area contributed by atoms with Crippen LogP contribution in [0, 0.1) is 5.92 Å². The number of piperidine rings is 1. The predicted octanol–water partition coefficient (Wildman–Crippen LogP) is 2.70. The van der Waals surface area contributed by atoms with Gasteiger partial charge in [-0.25, -0.2) is 0 Å². The predicted molar refractivity (Wildman–Crippen MR) is 106 cm³/mol. The molecule has 0 aliphatic carbocycles. The highest BCUT2D eigenvalue weighted by Crippen LogP contribution is 2.36. The summed E-state index contributed by atoms with van der Waals surface area (Å²) in [4.78, 5) is 29.5. The lowest BCUT2D eigenvalue weighted by molar-refractivity contribution is -0.188. The molecule has 1 atom stereocenters. The van der Waals surface area contributed by atoms with Gasteiger partial charge in [-0.15, -0.1) is 0 Å². The first-order valence-electron chi connectivity index (χ1n) is 10.3. The van der Waals surface area contributed by atoms with Crippen LogP contribution in [-0.4, -0.2) is 55.3 Å². The maximum Gasteiger partial charge on any atom is 0.228 e. The van der Waals surface area contributed by atoms with E-state index in [0.717, 1.165) is 11.3 Å². The topological polar surface area (TPSA) is 59.1 Å². The highest BCUT2D eigenvalue weighted by atomic mass is 16.7.